The van der Waals surface area contributed by atoms with Crippen LogP contribution in [0.15, 0.2) is 66.2 Å². The molecule has 0 saturated heterocycles. The Bertz CT molecular complexity index is 1520. The Morgan fingerprint density at radius 2 is 1.64 bits per heavy atom. The summed E-state index contributed by atoms with van der Waals surface area (Å²) in [6.45, 7) is 4.18. The number of hydrogen-bond acceptors (Lipinski definition) is 7. The predicted octanol–water partition coefficient (Wildman–Crippen LogP) is 4.98. The number of aromatic nitrogens is 4. The molecule has 2 aliphatic rings. The van der Waals surface area contributed by atoms with Gasteiger partial charge in [-0.3, -0.25) is 4.79 Å². The first-order chi connectivity index (χ1) is 17.4. The SMILES string of the molecule is COc1ccc(-c2nc3c4c(ncn3n2)OC2=C(C(=O)CC(C)(C)C2)[C@@H]4c2ccc(OC)cc2)cc1. The number of carbonyl (C=O) groups is 1. The maximum atomic E-state index is 13.5. The van der Waals surface area contributed by atoms with E-state index in [4.69, 9.17) is 19.2 Å². The Morgan fingerprint density at radius 1 is 0.972 bits per heavy atom. The van der Waals surface area contributed by atoms with Gasteiger partial charge in [-0.05, 0) is 47.4 Å². The lowest BCUT2D eigenvalue weighted by Gasteiger charge is -2.37. The number of carbonyl (C=O) groups excluding carboxylic acids is 1. The standard InChI is InChI=1S/C28H26N4O4/c1-28(2)13-20(33)23-21(14-28)36-27-24(22(23)16-5-9-18(34-3)10-6-16)26-30-25(31-32(26)15-29-27)17-7-11-19(35-4)12-8-17/h5-12,15,22H,13-14H2,1-4H3/t22-/m0/s1. The zero-order valence-electron chi connectivity index (χ0n) is 20.6. The molecule has 8 heteroatoms. The summed E-state index contributed by atoms with van der Waals surface area (Å²) in [5, 5.41) is 4.67. The van der Waals surface area contributed by atoms with E-state index in [1.54, 1.807) is 25.1 Å². The second-order valence-corrected chi connectivity index (χ2v) is 9.98. The maximum absolute atomic E-state index is 13.5. The normalized spacial score (nSPS) is 18.4. The van der Waals surface area contributed by atoms with Gasteiger partial charge in [-0.1, -0.05) is 26.0 Å². The van der Waals surface area contributed by atoms with Crippen molar-refractivity contribution in [2.45, 2.75) is 32.6 Å². The van der Waals surface area contributed by atoms with Gasteiger partial charge in [-0.2, -0.15) is 0 Å². The molecule has 1 atom stereocenters. The summed E-state index contributed by atoms with van der Waals surface area (Å²) >= 11 is 0. The van der Waals surface area contributed by atoms with Crippen LogP contribution in [0.25, 0.3) is 17.0 Å². The van der Waals surface area contributed by atoms with Gasteiger partial charge in [0, 0.05) is 29.9 Å². The van der Waals surface area contributed by atoms with Gasteiger partial charge in [0.25, 0.3) is 0 Å². The molecule has 3 heterocycles. The third-order valence-electron chi connectivity index (χ3n) is 6.86. The number of ketones is 1. The lowest BCUT2D eigenvalue weighted by atomic mass is 9.70. The first-order valence-corrected chi connectivity index (χ1v) is 11.8. The molecule has 0 fully saturated rings. The topological polar surface area (TPSA) is 87.8 Å². The Balaban J connectivity index is 1.56. The smallest absolute Gasteiger partial charge is 0.228 e. The lowest BCUT2D eigenvalue weighted by molar-refractivity contribution is -0.118. The molecule has 36 heavy (non-hydrogen) atoms. The van der Waals surface area contributed by atoms with Crippen LogP contribution >= 0.6 is 0 Å². The Morgan fingerprint density at radius 3 is 2.31 bits per heavy atom. The van der Waals surface area contributed by atoms with E-state index in [0.29, 0.717) is 41.5 Å². The van der Waals surface area contributed by atoms with E-state index < -0.39 is 0 Å². The molecule has 0 radical (unpaired) electrons. The number of ether oxygens (including phenoxy) is 3. The number of rotatable bonds is 4. The van der Waals surface area contributed by atoms with Crippen LogP contribution in [0.3, 0.4) is 0 Å². The van der Waals surface area contributed by atoms with Crippen LogP contribution in [0.5, 0.6) is 17.4 Å². The molecule has 0 bridgehead atoms. The van der Waals surface area contributed by atoms with Gasteiger partial charge in [-0.15, -0.1) is 5.10 Å². The Labute approximate surface area is 208 Å². The summed E-state index contributed by atoms with van der Waals surface area (Å²) in [5.41, 5.74) is 3.64. The van der Waals surface area contributed by atoms with Crippen molar-refractivity contribution in [2.24, 2.45) is 5.41 Å². The molecular formula is C28H26N4O4. The van der Waals surface area contributed by atoms with Gasteiger partial charge in [0.05, 0.1) is 19.8 Å². The number of Topliss-reactive ketones (excluding diaryl/α,β-unsaturated/α-hetero) is 1. The fourth-order valence-corrected chi connectivity index (χ4v) is 5.14. The molecule has 0 saturated carbocycles. The van der Waals surface area contributed by atoms with Crippen LogP contribution in [0.2, 0.25) is 0 Å². The quantitative estimate of drug-likeness (QED) is 0.406. The van der Waals surface area contributed by atoms with E-state index in [2.05, 4.69) is 23.9 Å². The third kappa shape index (κ3) is 3.61. The van der Waals surface area contributed by atoms with E-state index in [1.165, 1.54) is 0 Å². The molecule has 182 valence electrons. The van der Waals surface area contributed by atoms with Crippen molar-refractivity contribution < 1.29 is 19.0 Å². The summed E-state index contributed by atoms with van der Waals surface area (Å²) in [6.07, 6.45) is 2.73. The van der Waals surface area contributed by atoms with Crippen LogP contribution in [0.4, 0.5) is 0 Å². The van der Waals surface area contributed by atoms with Crippen LogP contribution in [0, 0.1) is 5.41 Å². The van der Waals surface area contributed by atoms with E-state index in [1.807, 2.05) is 48.5 Å². The second-order valence-electron chi connectivity index (χ2n) is 9.98. The molecule has 0 spiro atoms. The molecule has 0 amide bonds. The van der Waals surface area contributed by atoms with Crippen LogP contribution < -0.4 is 14.2 Å². The van der Waals surface area contributed by atoms with E-state index in [0.717, 1.165) is 28.2 Å². The Kier molecular flexibility index (Phi) is 5.07. The van der Waals surface area contributed by atoms with Gasteiger partial charge in [0.2, 0.25) is 5.88 Å². The van der Waals surface area contributed by atoms with Crippen molar-refractivity contribution in [1.82, 2.24) is 19.6 Å². The van der Waals surface area contributed by atoms with Crippen molar-refractivity contribution >= 4 is 11.4 Å². The average molecular weight is 483 g/mol. The zero-order chi connectivity index (χ0) is 25.0. The summed E-state index contributed by atoms with van der Waals surface area (Å²) in [4.78, 5) is 23.0. The summed E-state index contributed by atoms with van der Waals surface area (Å²) < 4.78 is 18.6. The number of benzene rings is 2. The molecule has 0 N–H and O–H groups in total. The number of hydrogen-bond donors (Lipinski definition) is 0. The number of allylic oxidation sites excluding steroid dienone is 2. The average Bonchev–Trinajstić information content (AvgIpc) is 3.31. The second kappa shape index (κ2) is 8.19. The summed E-state index contributed by atoms with van der Waals surface area (Å²) in [7, 11) is 3.27. The highest BCUT2D eigenvalue weighted by Gasteiger charge is 2.44. The molecule has 2 aromatic heterocycles. The summed E-state index contributed by atoms with van der Waals surface area (Å²) in [5.74, 6) is 2.92. The van der Waals surface area contributed by atoms with Crippen molar-refractivity contribution in [3.8, 4) is 28.8 Å². The largest absolute Gasteiger partial charge is 0.497 e. The number of methoxy groups -OCH3 is 2. The van der Waals surface area contributed by atoms with Gasteiger partial charge < -0.3 is 14.2 Å². The minimum Gasteiger partial charge on any atom is -0.497 e. The molecule has 8 nitrogen and oxygen atoms in total. The first kappa shape index (κ1) is 22.3. The number of fused-ring (bicyclic) bond motifs is 3. The van der Waals surface area contributed by atoms with Gasteiger partial charge in [0.15, 0.2) is 17.3 Å². The predicted molar refractivity (Wildman–Crippen MR) is 133 cm³/mol. The van der Waals surface area contributed by atoms with Gasteiger partial charge in [-0.25, -0.2) is 14.5 Å². The zero-order valence-corrected chi connectivity index (χ0v) is 20.6. The Hall–Kier alpha value is -4.20. The molecule has 6 rings (SSSR count). The van der Waals surface area contributed by atoms with Crippen LogP contribution in [-0.2, 0) is 4.79 Å². The fraction of sp³-hybridized carbons (Fsp3) is 0.286. The van der Waals surface area contributed by atoms with Gasteiger partial charge >= 0.3 is 0 Å². The van der Waals surface area contributed by atoms with Crippen molar-refractivity contribution in [1.29, 1.82) is 0 Å². The van der Waals surface area contributed by atoms with Crippen molar-refractivity contribution in [3.63, 3.8) is 0 Å². The monoisotopic (exact) mass is 482 g/mol. The lowest BCUT2D eigenvalue weighted by Crippen LogP contribution is -2.33. The van der Waals surface area contributed by atoms with E-state index in [9.17, 15) is 4.79 Å². The fourth-order valence-electron chi connectivity index (χ4n) is 5.14. The molecule has 0 unspecified atom stereocenters. The molecule has 1 aliphatic carbocycles. The molecule has 2 aromatic carbocycles. The highest BCUT2D eigenvalue weighted by molar-refractivity contribution is 6.00. The van der Waals surface area contributed by atoms with Gasteiger partial charge in [0.1, 0.15) is 23.6 Å². The minimum atomic E-state index is -0.373. The van der Waals surface area contributed by atoms with E-state index >= 15 is 0 Å². The molecule has 4 aromatic rings. The first-order valence-electron chi connectivity index (χ1n) is 11.8. The van der Waals surface area contributed by atoms with Crippen LogP contribution in [-0.4, -0.2) is 39.6 Å². The summed E-state index contributed by atoms with van der Waals surface area (Å²) in [6, 6.07) is 15.4. The maximum Gasteiger partial charge on any atom is 0.228 e. The van der Waals surface area contributed by atoms with E-state index in [-0.39, 0.29) is 17.1 Å². The highest BCUT2D eigenvalue weighted by atomic mass is 16.5. The number of nitrogens with zero attached hydrogens (tertiary/aromatic N) is 4. The minimum absolute atomic E-state index is 0.0876. The third-order valence-corrected chi connectivity index (χ3v) is 6.86. The van der Waals surface area contributed by atoms with Crippen LogP contribution in [0.1, 0.15) is 43.7 Å². The van der Waals surface area contributed by atoms with Crippen molar-refractivity contribution in [2.75, 3.05) is 14.2 Å². The molecule has 1 aliphatic heterocycles. The van der Waals surface area contributed by atoms with Crippen molar-refractivity contribution in [3.05, 3.63) is 77.3 Å². The molecular weight excluding hydrogens is 456 g/mol. The highest BCUT2D eigenvalue weighted by Crippen LogP contribution is 2.50.